The van der Waals surface area contributed by atoms with Crippen molar-refractivity contribution in [1.82, 2.24) is 9.62 Å². The number of nitrogens with one attached hydrogen (secondary N) is 2. The number of anilines is 1. The summed E-state index contributed by atoms with van der Waals surface area (Å²) in [5.74, 6) is 0.109. The van der Waals surface area contributed by atoms with E-state index in [-0.39, 0.29) is 34.5 Å². The SMILES string of the molecule is Cc1ccc(S(=O)(=O)Nc2cccc(C(=O)NCCOc3ccc(S(=O)(=O)N4CCCCC4)cc3)c2)cc1. The zero-order valence-corrected chi connectivity index (χ0v) is 22.7. The van der Waals surface area contributed by atoms with E-state index >= 15 is 0 Å². The first kappa shape index (κ1) is 27.6. The van der Waals surface area contributed by atoms with E-state index in [9.17, 15) is 21.6 Å². The highest BCUT2D eigenvalue weighted by Gasteiger charge is 2.25. The van der Waals surface area contributed by atoms with E-state index in [1.54, 1.807) is 42.5 Å². The molecule has 3 aromatic carbocycles. The lowest BCUT2D eigenvalue weighted by molar-refractivity contribution is 0.0947. The first-order valence-corrected chi connectivity index (χ1v) is 15.3. The number of rotatable bonds is 10. The number of aryl methyl sites for hydroxylation is 1. The number of ether oxygens (including phenoxy) is 1. The number of hydrogen-bond donors (Lipinski definition) is 2. The van der Waals surface area contributed by atoms with Crippen LogP contribution in [0.3, 0.4) is 0 Å². The molecule has 1 saturated heterocycles. The van der Waals surface area contributed by atoms with Gasteiger partial charge in [-0.05, 0) is 74.4 Å². The molecule has 1 amide bonds. The van der Waals surface area contributed by atoms with Gasteiger partial charge >= 0.3 is 0 Å². The third-order valence-electron chi connectivity index (χ3n) is 6.14. The number of amides is 1. The molecule has 0 unspecified atom stereocenters. The number of carbonyl (C=O) groups is 1. The van der Waals surface area contributed by atoms with E-state index in [2.05, 4.69) is 10.0 Å². The Labute approximate surface area is 223 Å². The van der Waals surface area contributed by atoms with Crippen molar-refractivity contribution in [2.45, 2.75) is 36.0 Å². The molecule has 202 valence electrons. The van der Waals surface area contributed by atoms with E-state index in [0.29, 0.717) is 24.4 Å². The predicted molar refractivity (Wildman–Crippen MR) is 145 cm³/mol. The Morgan fingerprint density at radius 3 is 2.21 bits per heavy atom. The second-order valence-electron chi connectivity index (χ2n) is 9.04. The monoisotopic (exact) mass is 557 g/mol. The summed E-state index contributed by atoms with van der Waals surface area (Å²) >= 11 is 0. The fraction of sp³-hybridized carbons (Fsp3) is 0.296. The minimum atomic E-state index is -3.79. The molecule has 1 heterocycles. The van der Waals surface area contributed by atoms with Crippen LogP contribution in [0.5, 0.6) is 5.75 Å². The molecule has 4 rings (SSSR count). The number of piperidine rings is 1. The summed E-state index contributed by atoms with van der Waals surface area (Å²) in [5.41, 5.74) is 1.51. The van der Waals surface area contributed by atoms with Gasteiger partial charge in [-0.1, -0.05) is 30.2 Å². The molecule has 11 heteroatoms. The molecule has 9 nitrogen and oxygen atoms in total. The van der Waals surface area contributed by atoms with Crippen LogP contribution in [0.1, 0.15) is 35.2 Å². The van der Waals surface area contributed by atoms with Crippen molar-refractivity contribution in [2.75, 3.05) is 31.0 Å². The number of hydrogen-bond acceptors (Lipinski definition) is 6. The number of carbonyl (C=O) groups excluding carboxylic acids is 1. The molecular formula is C27H31N3O6S2. The van der Waals surface area contributed by atoms with Gasteiger partial charge in [0.15, 0.2) is 0 Å². The molecule has 0 radical (unpaired) electrons. The molecule has 0 bridgehead atoms. The quantitative estimate of drug-likeness (QED) is 0.366. The molecular weight excluding hydrogens is 526 g/mol. The zero-order chi connectivity index (χ0) is 27.2. The standard InChI is InChI=1S/C27H31N3O6S2/c1-21-8-12-25(13-9-21)37(32,33)29-23-7-5-6-22(20-23)27(31)28-16-19-36-24-10-14-26(15-11-24)38(34,35)30-17-3-2-4-18-30/h5-15,20,29H,2-4,16-19H2,1H3,(H,28,31). The Hall–Kier alpha value is -3.41. The summed E-state index contributed by atoms with van der Waals surface area (Å²) in [6, 6.07) is 18.9. The smallest absolute Gasteiger partial charge is 0.261 e. The lowest BCUT2D eigenvalue weighted by Gasteiger charge is -2.25. The van der Waals surface area contributed by atoms with E-state index < -0.39 is 20.0 Å². The fourth-order valence-electron chi connectivity index (χ4n) is 4.05. The van der Waals surface area contributed by atoms with Crippen LogP contribution < -0.4 is 14.8 Å². The summed E-state index contributed by atoms with van der Waals surface area (Å²) in [6.45, 7) is 3.33. The summed E-state index contributed by atoms with van der Waals surface area (Å²) < 4.78 is 60.4. The van der Waals surface area contributed by atoms with Crippen LogP contribution >= 0.6 is 0 Å². The van der Waals surface area contributed by atoms with Gasteiger partial charge in [-0.3, -0.25) is 9.52 Å². The lowest BCUT2D eigenvalue weighted by Crippen LogP contribution is -2.35. The van der Waals surface area contributed by atoms with Gasteiger partial charge in [0.1, 0.15) is 12.4 Å². The van der Waals surface area contributed by atoms with Crippen LogP contribution in [-0.2, 0) is 20.0 Å². The third kappa shape index (κ3) is 6.91. The Morgan fingerprint density at radius 1 is 0.868 bits per heavy atom. The Bertz CT molecular complexity index is 1470. The highest BCUT2D eigenvalue weighted by atomic mass is 32.2. The van der Waals surface area contributed by atoms with Crippen molar-refractivity contribution < 1.29 is 26.4 Å². The molecule has 1 aliphatic heterocycles. The largest absolute Gasteiger partial charge is 0.492 e. The van der Waals surface area contributed by atoms with Gasteiger partial charge < -0.3 is 10.1 Å². The van der Waals surface area contributed by atoms with Gasteiger partial charge in [0, 0.05) is 24.3 Å². The molecule has 2 N–H and O–H groups in total. The van der Waals surface area contributed by atoms with Crippen molar-refractivity contribution in [3.63, 3.8) is 0 Å². The van der Waals surface area contributed by atoms with E-state index in [4.69, 9.17) is 4.74 Å². The van der Waals surface area contributed by atoms with Crippen LogP contribution in [0.2, 0.25) is 0 Å². The molecule has 0 atom stereocenters. The molecule has 1 fully saturated rings. The molecule has 0 saturated carbocycles. The minimum absolute atomic E-state index is 0.132. The maximum absolute atomic E-state index is 12.8. The topological polar surface area (TPSA) is 122 Å². The third-order valence-corrected chi connectivity index (χ3v) is 9.45. The Morgan fingerprint density at radius 2 is 1.53 bits per heavy atom. The van der Waals surface area contributed by atoms with Gasteiger partial charge in [-0.2, -0.15) is 4.31 Å². The molecule has 0 spiro atoms. The molecule has 0 aliphatic carbocycles. The van der Waals surface area contributed by atoms with E-state index in [1.165, 1.54) is 34.6 Å². The van der Waals surface area contributed by atoms with E-state index in [1.807, 2.05) is 6.92 Å². The van der Waals surface area contributed by atoms with Crippen molar-refractivity contribution in [1.29, 1.82) is 0 Å². The number of benzene rings is 3. The van der Waals surface area contributed by atoms with Crippen molar-refractivity contribution in [3.05, 3.63) is 83.9 Å². The highest BCUT2D eigenvalue weighted by Crippen LogP contribution is 2.23. The molecule has 1 aliphatic rings. The predicted octanol–water partition coefficient (Wildman–Crippen LogP) is 3.78. The van der Waals surface area contributed by atoms with Gasteiger partial charge in [0.05, 0.1) is 16.3 Å². The van der Waals surface area contributed by atoms with Crippen LogP contribution in [0.4, 0.5) is 5.69 Å². The minimum Gasteiger partial charge on any atom is -0.492 e. The molecule has 3 aromatic rings. The van der Waals surface area contributed by atoms with Gasteiger partial charge in [-0.15, -0.1) is 0 Å². The summed E-state index contributed by atoms with van der Waals surface area (Å²) in [7, 11) is -7.29. The maximum Gasteiger partial charge on any atom is 0.261 e. The normalized spacial score (nSPS) is 14.6. The van der Waals surface area contributed by atoms with Gasteiger partial charge in [-0.25, -0.2) is 16.8 Å². The van der Waals surface area contributed by atoms with Crippen LogP contribution in [0.25, 0.3) is 0 Å². The Kier molecular flexibility index (Phi) is 8.70. The first-order valence-electron chi connectivity index (χ1n) is 12.4. The summed E-state index contributed by atoms with van der Waals surface area (Å²) in [4.78, 5) is 12.9. The fourth-order valence-corrected chi connectivity index (χ4v) is 6.62. The van der Waals surface area contributed by atoms with Crippen molar-refractivity contribution in [3.8, 4) is 5.75 Å². The highest BCUT2D eigenvalue weighted by molar-refractivity contribution is 7.92. The Balaban J connectivity index is 1.27. The van der Waals surface area contributed by atoms with Crippen LogP contribution in [0.15, 0.2) is 82.6 Å². The van der Waals surface area contributed by atoms with Gasteiger partial charge in [0.2, 0.25) is 10.0 Å². The molecule has 0 aromatic heterocycles. The second-order valence-corrected chi connectivity index (χ2v) is 12.7. The summed E-state index contributed by atoms with van der Waals surface area (Å²) in [6.07, 6.45) is 2.80. The van der Waals surface area contributed by atoms with Crippen molar-refractivity contribution in [2.24, 2.45) is 0 Å². The average molecular weight is 558 g/mol. The lowest BCUT2D eigenvalue weighted by atomic mass is 10.2. The zero-order valence-electron chi connectivity index (χ0n) is 21.1. The van der Waals surface area contributed by atoms with E-state index in [0.717, 1.165) is 24.8 Å². The average Bonchev–Trinajstić information content (AvgIpc) is 2.92. The first-order chi connectivity index (χ1) is 18.1. The van der Waals surface area contributed by atoms with Crippen LogP contribution in [-0.4, -0.2) is 53.3 Å². The number of sulfonamides is 2. The summed E-state index contributed by atoms with van der Waals surface area (Å²) in [5, 5.41) is 2.73. The number of nitrogens with zero attached hydrogens (tertiary/aromatic N) is 1. The van der Waals surface area contributed by atoms with Gasteiger partial charge in [0.25, 0.3) is 15.9 Å². The second kappa shape index (κ2) is 12.0. The van der Waals surface area contributed by atoms with Crippen molar-refractivity contribution >= 4 is 31.6 Å². The maximum atomic E-state index is 12.8. The van der Waals surface area contributed by atoms with Crippen LogP contribution in [0, 0.1) is 6.92 Å². The molecule has 38 heavy (non-hydrogen) atoms.